The van der Waals surface area contributed by atoms with Crippen LogP contribution in [-0.4, -0.2) is 16.0 Å². The molecule has 0 atom stereocenters. The molecule has 0 aliphatic heterocycles. The first-order valence-electron chi connectivity index (χ1n) is 5.81. The molecule has 90 valence electrons. The number of fused-ring (bicyclic) bond motifs is 1. The molecule has 0 saturated heterocycles. The Labute approximate surface area is 101 Å². The van der Waals surface area contributed by atoms with E-state index in [4.69, 9.17) is 0 Å². The summed E-state index contributed by atoms with van der Waals surface area (Å²) in [4.78, 5) is 11.6. The van der Waals surface area contributed by atoms with Crippen molar-refractivity contribution < 1.29 is 4.79 Å². The van der Waals surface area contributed by atoms with E-state index < -0.39 is 0 Å². The summed E-state index contributed by atoms with van der Waals surface area (Å²) in [6, 6.07) is 4.06. The monoisotopic (exact) mass is 230 g/mol. The second-order valence-electron chi connectivity index (χ2n) is 5.56. The summed E-state index contributed by atoms with van der Waals surface area (Å²) in [5.41, 5.74) is 3.89. The van der Waals surface area contributed by atoms with E-state index in [1.54, 1.807) is 6.92 Å². The summed E-state index contributed by atoms with van der Waals surface area (Å²) in [6.07, 6.45) is 0. The predicted octanol–water partition coefficient (Wildman–Crippen LogP) is 3.37. The lowest BCUT2D eigenvalue weighted by atomic mass is 9.81. The zero-order valence-electron chi connectivity index (χ0n) is 11.0. The van der Waals surface area contributed by atoms with Crippen LogP contribution < -0.4 is 0 Å². The summed E-state index contributed by atoms with van der Waals surface area (Å²) in [5.74, 6) is 0.00681. The lowest BCUT2D eigenvalue weighted by molar-refractivity contribution is 0.101. The Morgan fingerprint density at radius 2 is 1.94 bits per heavy atom. The molecule has 2 aromatic rings. The summed E-state index contributed by atoms with van der Waals surface area (Å²) < 4.78 is 0. The van der Waals surface area contributed by atoms with Crippen LogP contribution in [0.15, 0.2) is 12.1 Å². The van der Waals surface area contributed by atoms with E-state index in [9.17, 15) is 4.79 Å². The van der Waals surface area contributed by atoms with Gasteiger partial charge in [-0.3, -0.25) is 9.89 Å². The first kappa shape index (κ1) is 11.8. The fourth-order valence-electron chi connectivity index (χ4n) is 2.44. The number of nitrogens with one attached hydrogen (secondary N) is 1. The topological polar surface area (TPSA) is 45.8 Å². The molecule has 0 aliphatic carbocycles. The van der Waals surface area contributed by atoms with E-state index >= 15 is 0 Å². The third-order valence-electron chi connectivity index (χ3n) is 3.02. The largest absolute Gasteiger partial charge is 0.293 e. The molecular formula is C14H18N2O. The van der Waals surface area contributed by atoms with Gasteiger partial charge in [0.1, 0.15) is 5.69 Å². The quantitative estimate of drug-likeness (QED) is 0.763. The molecule has 0 aliphatic rings. The van der Waals surface area contributed by atoms with Crippen molar-refractivity contribution in [2.24, 2.45) is 0 Å². The van der Waals surface area contributed by atoms with Gasteiger partial charge in [0.15, 0.2) is 5.78 Å². The molecule has 0 fully saturated rings. The minimum Gasteiger partial charge on any atom is -0.293 e. The van der Waals surface area contributed by atoms with Crippen molar-refractivity contribution in [1.29, 1.82) is 0 Å². The van der Waals surface area contributed by atoms with E-state index in [0.29, 0.717) is 5.69 Å². The number of aryl methyl sites for hydroxylation is 1. The number of Topliss-reactive ketones (excluding diaryl/α,β-unsaturated/α-hetero) is 1. The third-order valence-corrected chi connectivity index (χ3v) is 3.02. The standard InChI is InChI=1S/C14H18N2O/c1-8-6-7-10-11(12(8)14(3,4)5)13(9(2)17)16-15-10/h6-7H,1-5H3,(H,15,16). The van der Waals surface area contributed by atoms with Gasteiger partial charge < -0.3 is 0 Å². The Morgan fingerprint density at radius 1 is 1.29 bits per heavy atom. The number of aromatic amines is 1. The molecule has 0 unspecified atom stereocenters. The smallest absolute Gasteiger partial charge is 0.180 e. The first-order chi connectivity index (χ1) is 7.82. The highest BCUT2D eigenvalue weighted by Gasteiger charge is 2.23. The maximum Gasteiger partial charge on any atom is 0.180 e. The van der Waals surface area contributed by atoms with E-state index in [-0.39, 0.29) is 11.2 Å². The van der Waals surface area contributed by atoms with Crippen LogP contribution in [0.25, 0.3) is 10.9 Å². The molecule has 2 rings (SSSR count). The van der Waals surface area contributed by atoms with Crippen LogP contribution in [0.5, 0.6) is 0 Å². The SMILES string of the molecule is CC(=O)c1n[nH]c2ccc(C)c(C(C)(C)C)c12. The van der Waals surface area contributed by atoms with Crippen LogP contribution in [0.3, 0.4) is 0 Å². The second-order valence-corrected chi connectivity index (χ2v) is 5.56. The predicted molar refractivity (Wildman–Crippen MR) is 69.5 cm³/mol. The van der Waals surface area contributed by atoms with Gasteiger partial charge in [0.05, 0.1) is 5.52 Å². The average molecular weight is 230 g/mol. The zero-order valence-corrected chi connectivity index (χ0v) is 11.0. The number of H-pyrrole nitrogens is 1. The molecule has 1 heterocycles. The number of aromatic nitrogens is 2. The van der Waals surface area contributed by atoms with Crippen LogP contribution in [0.2, 0.25) is 0 Å². The molecule has 1 aromatic heterocycles. The van der Waals surface area contributed by atoms with Gasteiger partial charge in [-0.25, -0.2) is 0 Å². The fourth-order valence-corrected chi connectivity index (χ4v) is 2.44. The molecule has 0 amide bonds. The Hall–Kier alpha value is -1.64. The minimum absolute atomic E-state index is 0.00231. The number of carbonyl (C=O) groups excluding carboxylic acids is 1. The summed E-state index contributed by atoms with van der Waals surface area (Å²) in [6.45, 7) is 10.1. The van der Waals surface area contributed by atoms with Gasteiger partial charge in [0.25, 0.3) is 0 Å². The van der Waals surface area contributed by atoms with Gasteiger partial charge in [-0.1, -0.05) is 26.8 Å². The Kier molecular flexibility index (Phi) is 2.57. The molecular weight excluding hydrogens is 212 g/mol. The van der Waals surface area contributed by atoms with E-state index in [0.717, 1.165) is 10.9 Å². The molecule has 0 bridgehead atoms. The van der Waals surface area contributed by atoms with Crippen molar-refractivity contribution in [1.82, 2.24) is 10.2 Å². The van der Waals surface area contributed by atoms with E-state index in [2.05, 4.69) is 44.0 Å². The van der Waals surface area contributed by atoms with Crippen molar-refractivity contribution >= 4 is 16.7 Å². The van der Waals surface area contributed by atoms with Gasteiger partial charge >= 0.3 is 0 Å². The first-order valence-corrected chi connectivity index (χ1v) is 5.81. The molecule has 3 nitrogen and oxygen atoms in total. The number of nitrogens with zero attached hydrogens (tertiary/aromatic N) is 1. The van der Waals surface area contributed by atoms with Crippen LogP contribution in [-0.2, 0) is 5.41 Å². The van der Waals surface area contributed by atoms with E-state index in [1.807, 2.05) is 6.07 Å². The molecule has 1 N–H and O–H groups in total. The number of ketones is 1. The molecule has 0 saturated carbocycles. The van der Waals surface area contributed by atoms with Crippen LogP contribution in [0, 0.1) is 6.92 Å². The molecule has 0 spiro atoms. The Bertz CT molecular complexity index is 588. The van der Waals surface area contributed by atoms with Crippen molar-refractivity contribution in [2.75, 3.05) is 0 Å². The van der Waals surface area contributed by atoms with Gasteiger partial charge in [0, 0.05) is 12.3 Å². The summed E-state index contributed by atoms with van der Waals surface area (Å²) in [7, 11) is 0. The van der Waals surface area contributed by atoms with Crippen molar-refractivity contribution in [2.45, 2.75) is 40.0 Å². The van der Waals surface area contributed by atoms with Gasteiger partial charge in [-0.15, -0.1) is 0 Å². The van der Waals surface area contributed by atoms with Crippen molar-refractivity contribution in [3.05, 3.63) is 29.0 Å². The molecule has 0 radical (unpaired) electrons. The maximum atomic E-state index is 11.6. The van der Waals surface area contributed by atoms with Crippen LogP contribution in [0.1, 0.15) is 49.3 Å². The molecule has 1 aromatic carbocycles. The zero-order chi connectivity index (χ0) is 12.8. The minimum atomic E-state index is -0.00231. The normalized spacial score (nSPS) is 12.1. The fraction of sp³-hybridized carbons (Fsp3) is 0.429. The number of benzene rings is 1. The van der Waals surface area contributed by atoms with Crippen LogP contribution >= 0.6 is 0 Å². The van der Waals surface area contributed by atoms with Crippen molar-refractivity contribution in [3.63, 3.8) is 0 Å². The highest BCUT2D eigenvalue weighted by atomic mass is 16.1. The number of rotatable bonds is 1. The lowest BCUT2D eigenvalue weighted by Gasteiger charge is -2.23. The van der Waals surface area contributed by atoms with Gasteiger partial charge in [-0.2, -0.15) is 5.10 Å². The number of carbonyl (C=O) groups is 1. The van der Waals surface area contributed by atoms with Crippen molar-refractivity contribution in [3.8, 4) is 0 Å². The Morgan fingerprint density at radius 3 is 2.47 bits per heavy atom. The van der Waals surface area contributed by atoms with Gasteiger partial charge in [-0.05, 0) is 29.5 Å². The Balaban J connectivity index is 2.92. The lowest BCUT2D eigenvalue weighted by Crippen LogP contribution is -2.14. The third kappa shape index (κ3) is 1.86. The highest BCUT2D eigenvalue weighted by Crippen LogP contribution is 2.33. The molecule has 17 heavy (non-hydrogen) atoms. The summed E-state index contributed by atoms with van der Waals surface area (Å²) in [5, 5.41) is 8.05. The molecule has 3 heteroatoms. The second kappa shape index (κ2) is 3.69. The van der Waals surface area contributed by atoms with E-state index in [1.165, 1.54) is 11.1 Å². The summed E-state index contributed by atoms with van der Waals surface area (Å²) >= 11 is 0. The average Bonchev–Trinajstić information content (AvgIpc) is 2.58. The number of hydrogen-bond acceptors (Lipinski definition) is 2. The van der Waals surface area contributed by atoms with Gasteiger partial charge in [0.2, 0.25) is 0 Å². The van der Waals surface area contributed by atoms with Crippen LogP contribution in [0.4, 0.5) is 0 Å². The number of hydrogen-bond donors (Lipinski definition) is 1. The maximum absolute atomic E-state index is 11.6. The highest BCUT2D eigenvalue weighted by molar-refractivity contribution is 6.06.